The zero-order valence-corrected chi connectivity index (χ0v) is 25.2. The Kier molecular flexibility index (Phi) is 16.7. The minimum absolute atomic E-state index is 0.0950. The summed E-state index contributed by atoms with van der Waals surface area (Å²) in [6.45, 7) is 5.09. The Labute approximate surface area is 254 Å². The maximum atomic E-state index is 12.5. The molecule has 0 saturated carbocycles. The van der Waals surface area contributed by atoms with Crippen LogP contribution >= 0.6 is 0 Å². The van der Waals surface area contributed by atoms with Crippen molar-refractivity contribution in [3.63, 3.8) is 0 Å². The van der Waals surface area contributed by atoms with Crippen LogP contribution in [0.25, 0.3) is 17.0 Å². The first-order valence-electron chi connectivity index (χ1n) is 15.0. The summed E-state index contributed by atoms with van der Waals surface area (Å²) in [6.07, 6.45) is 13.0. The minimum atomic E-state index is -0.270. The molecule has 234 valence electrons. The summed E-state index contributed by atoms with van der Waals surface area (Å²) in [5.41, 5.74) is 2.98. The van der Waals surface area contributed by atoms with Crippen LogP contribution in [0.4, 0.5) is 0 Å². The number of nitrogens with zero attached hydrogens (tertiary/aromatic N) is 2. The fraction of sp³-hybridized carbons (Fsp3) is 0.485. The van der Waals surface area contributed by atoms with E-state index in [1.54, 1.807) is 25.6 Å². The molecule has 0 spiro atoms. The maximum Gasteiger partial charge on any atom is 0.310 e. The number of aromatic nitrogens is 2. The Morgan fingerprint density at radius 1 is 0.860 bits per heavy atom. The van der Waals surface area contributed by atoms with Crippen LogP contribution in [0.5, 0.6) is 0 Å². The van der Waals surface area contributed by atoms with Gasteiger partial charge in [0.25, 0.3) is 0 Å². The maximum absolute atomic E-state index is 12.5. The van der Waals surface area contributed by atoms with Gasteiger partial charge in [-0.25, -0.2) is 0 Å². The molecule has 10 nitrogen and oxygen atoms in total. The van der Waals surface area contributed by atoms with Gasteiger partial charge >= 0.3 is 5.97 Å². The summed E-state index contributed by atoms with van der Waals surface area (Å²) in [7, 11) is 1.64. The number of pyridine rings is 1. The van der Waals surface area contributed by atoms with Crippen molar-refractivity contribution in [2.24, 2.45) is 0 Å². The predicted molar refractivity (Wildman–Crippen MR) is 166 cm³/mol. The Hall–Kier alpha value is -3.57. The van der Waals surface area contributed by atoms with Crippen molar-refractivity contribution >= 4 is 28.9 Å². The van der Waals surface area contributed by atoms with Crippen molar-refractivity contribution in [3.8, 4) is 0 Å². The zero-order chi connectivity index (χ0) is 30.4. The molecule has 1 N–H and O–H groups in total. The fourth-order valence-electron chi connectivity index (χ4n) is 4.43. The van der Waals surface area contributed by atoms with Gasteiger partial charge in [0.05, 0.1) is 52.7 Å². The molecule has 2 aromatic heterocycles. The third-order valence-corrected chi connectivity index (χ3v) is 6.61. The molecule has 1 amide bonds. The number of fused-ring (bicyclic) bond motifs is 1. The lowest BCUT2D eigenvalue weighted by atomic mass is 10.1. The van der Waals surface area contributed by atoms with Crippen molar-refractivity contribution < 1.29 is 33.3 Å². The van der Waals surface area contributed by atoms with Crippen molar-refractivity contribution in [2.75, 3.05) is 66.5 Å². The number of carbonyl (C=O) groups excluding carboxylic acids is 2. The van der Waals surface area contributed by atoms with Gasteiger partial charge in [0.2, 0.25) is 5.91 Å². The summed E-state index contributed by atoms with van der Waals surface area (Å²) in [4.78, 5) is 28.5. The second-order valence-corrected chi connectivity index (χ2v) is 9.92. The number of rotatable bonds is 23. The van der Waals surface area contributed by atoms with Crippen LogP contribution in [0.3, 0.4) is 0 Å². The summed E-state index contributed by atoms with van der Waals surface area (Å²) >= 11 is 0. The second kappa shape index (κ2) is 21.2. The molecule has 3 aromatic rings. The van der Waals surface area contributed by atoms with Gasteiger partial charge in [-0.05, 0) is 42.2 Å². The largest absolute Gasteiger partial charge is 0.463 e. The van der Waals surface area contributed by atoms with Gasteiger partial charge in [-0.15, -0.1) is 0 Å². The minimum Gasteiger partial charge on any atom is -0.463 e. The molecular weight excluding hydrogens is 550 g/mol. The number of nitrogens with one attached hydrogen (secondary N) is 1. The van der Waals surface area contributed by atoms with Gasteiger partial charge in [-0.1, -0.05) is 37.1 Å². The van der Waals surface area contributed by atoms with Gasteiger partial charge in [0, 0.05) is 55.8 Å². The average molecular weight is 596 g/mol. The number of hydrogen-bond donors (Lipinski definition) is 1. The molecule has 1 aromatic carbocycles. The van der Waals surface area contributed by atoms with Crippen LogP contribution in [0, 0.1) is 0 Å². The molecule has 0 aliphatic rings. The molecule has 0 fully saturated rings. The highest BCUT2D eigenvalue weighted by Gasteiger charge is 2.13. The molecule has 43 heavy (non-hydrogen) atoms. The van der Waals surface area contributed by atoms with Crippen LogP contribution in [0.2, 0.25) is 0 Å². The summed E-state index contributed by atoms with van der Waals surface area (Å²) < 4.78 is 28.7. The van der Waals surface area contributed by atoms with E-state index in [1.165, 1.54) is 6.08 Å². The Morgan fingerprint density at radius 2 is 1.58 bits per heavy atom. The van der Waals surface area contributed by atoms with Crippen LogP contribution in [-0.4, -0.2) is 87.9 Å². The van der Waals surface area contributed by atoms with Crippen molar-refractivity contribution in [2.45, 2.75) is 38.6 Å². The highest BCUT2D eigenvalue weighted by atomic mass is 16.6. The number of esters is 1. The number of methoxy groups -OCH3 is 1. The van der Waals surface area contributed by atoms with E-state index in [1.807, 2.05) is 30.3 Å². The van der Waals surface area contributed by atoms with E-state index in [2.05, 4.69) is 27.1 Å². The van der Waals surface area contributed by atoms with Crippen LogP contribution < -0.4 is 5.32 Å². The van der Waals surface area contributed by atoms with E-state index in [0.29, 0.717) is 52.8 Å². The highest BCUT2D eigenvalue weighted by Crippen LogP contribution is 2.23. The Bertz CT molecular complexity index is 1230. The number of hydrogen-bond acceptors (Lipinski definition) is 8. The van der Waals surface area contributed by atoms with Gasteiger partial charge in [0.1, 0.15) is 6.61 Å². The van der Waals surface area contributed by atoms with Crippen molar-refractivity contribution in [3.05, 3.63) is 72.2 Å². The van der Waals surface area contributed by atoms with Crippen molar-refractivity contribution in [1.82, 2.24) is 14.9 Å². The van der Waals surface area contributed by atoms with E-state index in [4.69, 9.17) is 23.7 Å². The smallest absolute Gasteiger partial charge is 0.310 e. The van der Waals surface area contributed by atoms with Gasteiger partial charge in [0.15, 0.2) is 0 Å². The third-order valence-electron chi connectivity index (χ3n) is 6.61. The molecule has 0 aliphatic carbocycles. The lowest BCUT2D eigenvalue weighted by Crippen LogP contribution is -2.21. The number of unbranched alkanes of at least 4 members (excludes halogenated alkanes) is 3. The number of aryl methyl sites for hydroxylation is 1. The summed E-state index contributed by atoms with van der Waals surface area (Å²) in [5, 5.41) is 4.00. The molecule has 0 unspecified atom stereocenters. The van der Waals surface area contributed by atoms with Crippen molar-refractivity contribution in [1.29, 1.82) is 0 Å². The molecular formula is C33H45N3O7. The quantitative estimate of drug-likeness (QED) is 0.0987. The zero-order valence-electron chi connectivity index (χ0n) is 25.2. The number of benzene rings is 1. The van der Waals surface area contributed by atoms with Gasteiger partial charge < -0.3 is 33.6 Å². The Morgan fingerprint density at radius 3 is 2.33 bits per heavy atom. The van der Waals surface area contributed by atoms with E-state index >= 15 is 0 Å². The molecule has 3 rings (SSSR count). The number of amides is 1. The SMILES string of the molecule is COCCOCCOCCOCCOC(=O)Cc1cn(CCCCCCNC(=O)/C=C/c2cccnc2)c2ccccc12. The highest BCUT2D eigenvalue weighted by molar-refractivity contribution is 5.91. The predicted octanol–water partition coefficient (Wildman–Crippen LogP) is 4.21. The molecule has 0 saturated heterocycles. The second-order valence-electron chi connectivity index (χ2n) is 9.92. The van der Waals surface area contributed by atoms with E-state index in [-0.39, 0.29) is 24.9 Å². The van der Waals surface area contributed by atoms with Crippen LogP contribution in [0.15, 0.2) is 61.1 Å². The summed E-state index contributed by atoms with van der Waals surface area (Å²) in [6, 6.07) is 11.9. The molecule has 10 heteroatoms. The molecule has 0 bridgehead atoms. The number of para-hydroxylation sites is 1. The van der Waals surface area contributed by atoms with E-state index < -0.39 is 0 Å². The fourth-order valence-corrected chi connectivity index (χ4v) is 4.43. The first-order chi connectivity index (χ1) is 21.2. The molecule has 0 atom stereocenters. The topological polar surface area (TPSA) is 110 Å². The summed E-state index contributed by atoms with van der Waals surface area (Å²) in [5.74, 6) is -0.365. The number of ether oxygens (including phenoxy) is 5. The lowest BCUT2D eigenvalue weighted by molar-refractivity contribution is -0.144. The van der Waals surface area contributed by atoms with Gasteiger partial charge in [-0.3, -0.25) is 14.6 Å². The van der Waals surface area contributed by atoms with E-state index in [0.717, 1.165) is 54.3 Å². The lowest BCUT2D eigenvalue weighted by Gasteiger charge is -2.07. The van der Waals surface area contributed by atoms with Crippen LogP contribution in [0.1, 0.15) is 36.8 Å². The van der Waals surface area contributed by atoms with E-state index in [9.17, 15) is 9.59 Å². The van der Waals surface area contributed by atoms with Gasteiger partial charge in [-0.2, -0.15) is 0 Å². The average Bonchev–Trinajstić information content (AvgIpc) is 3.37. The normalized spacial score (nSPS) is 11.4. The number of carbonyl (C=O) groups is 2. The monoisotopic (exact) mass is 595 g/mol. The standard InChI is InChI=1S/C33H45N3O7/c1-39-17-18-40-19-20-41-21-22-42-23-24-43-33(38)25-29-27-36(31-11-5-4-10-30(29)31)16-7-3-2-6-15-35-32(37)13-12-28-9-8-14-34-26-28/h4-5,8-14,26-27H,2-3,6-7,15-25H2,1H3,(H,35,37)/b13-12+. The third kappa shape index (κ3) is 14.0. The molecule has 0 aliphatic heterocycles. The molecule has 2 heterocycles. The first-order valence-corrected chi connectivity index (χ1v) is 15.0. The molecule has 0 radical (unpaired) electrons. The van der Waals surface area contributed by atoms with Crippen LogP contribution in [-0.2, 0) is 46.2 Å². The first kappa shape index (κ1) is 33.9. The Balaban J connectivity index is 1.27.